The average molecular weight is 344 g/mol. The number of hydrogen-bond donors (Lipinski definition) is 0. The highest BCUT2D eigenvalue weighted by Crippen LogP contribution is 2.20. The van der Waals surface area contributed by atoms with Gasteiger partial charge in [-0.3, -0.25) is 4.79 Å². The van der Waals surface area contributed by atoms with Gasteiger partial charge in [-0.05, 0) is 17.7 Å². The fraction of sp³-hybridized carbons (Fsp3) is 0.300. The quantitative estimate of drug-likeness (QED) is 0.774. The van der Waals surface area contributed by atoms with Crippen molar-refractivity contribution < 1.29 is 22.2 Å². The summed E-state index contributed by atoms with van der Waals surface area (Å²) in [5, 5.41) is 0.566. The predicted molar refractivity (Wildman–Crippen MR) is 64.9 cm³/mol. The molecule has 0 heterocycles. The number of carbonyl (C=O) groups is 1. The van der Waals surface area contributed by atoms with Crippen LogP contribution in [0.4, 0.5) is 13.2 Å². The van der Waals surface area contributed by atoms with Gasteiger partial charge in [0, 0.05) is 16.5 Å². The Hall–Kier alpha value is -0.890. The number of halogens is 4. The first-order valence-corrected chi connectivity index (χ1v) is 7.69. The predicted octanol–water partition coefficient (Wildman–Crippen LogP) is 3.13. The molecule has 0 saturated heterocycles. The molecule has 18 heavy (non-hydrogen) atoms. The summed E-state index contributed by atoms with van der Waals surface area (Å²) in [7, 11) is -3.38. The normalized spacial score (nSPS) is 14.9. The summed E-state index contributed by atoms with van der Waals surface area (Å²) in [4.78, 5) is 10.8. The average Bonchev–Trinajstić information content (AvgIpc) is 2.27. The zero-order chi connectivity index (χ0) is 14.0. The van der Waals surface area contributed by atoms with Gasteiger partial charge in [-0.1, -0.05) is 28.1 Å². The smallest absolute Gasteiger partial charge is 0.261 e. The van der Waals surface area contributed by atoms with Gasteiger partial charge >= 0.3 is 12.1 Å². The fourth-order valence-corrected chi connectivity index (χ4v) is 2.63. The minimum absolute atomic E-state index is 0.0878. The summed E-state index contributed by atoms with van der Waals surface area (Å²) >= 11 is 3.20. The van der Waals surface area contributed by atoms with E-state index in [2.05, 4.69) is 20.3 Å². The molecule has 0 fully saturated rings. The van der Waals surface area contributed by atoms with Crippen molar-refractivity contribution in [2.75, 3.05) is 6.26 Å². The Bertz CT molecular complexity index is 559. The van der Waals surface area contributed by atoms with E-state index in [1.54, 1.807) is 12.1 Å². The van der Waals surface area contributed by atoms with Crippen molar-refractivity contribution in [3.63, 3.8) is 0 Å². The molecule has 1 aromatic rings. The van der Waals surface area contributed by atoms with Crippen LogP contribution in [0.2, 0.25) is 0 Å². The van der Waals surface area contributed by atoms with Crippen molar-refractivity contribution in [1.29, 1.82) is 0 Å². The highest BCUT2D eigenvalue weighted by Gasteiger charge is 2.39. The molecule has 0 radical (unpaired) electrons. The van der Waals surface area contributed by atoms with Crippen LogP contribution in [-0.2, 0) is 19.9 Å². The third-order valence-corrected chi connectivity index (χ3v) is 4.32. The lowest BCUT2D eigenvalue weighted by Crippen LogP contribution is -2.21. The molecule has 0 spiro atoms. The van der Waals surface area contributed by atoms with Crippen molar-refractivity contribution in [3.05, 3.63) is 29.8 Å². The van der Waals surface area contributed by atoms with Crippen molar-refractivity contribution >= 4 is 31.6 Å². The van der Waals surface area contributed by atoms with Crippen LogP contribution in [0.1, 0.15) is 5.56 Å². The molecule has 1 atom stereocenters. The molecule has 1 unspecified atom stereocenters. The number of alkyl halides is 4. The Morgan fingerprint density at radius 1 is 1.33 bits per heavy atom. The molecule has 0 saturated carbocycles. The van der Waals surface area contributed by atoms with Gasteiger partial charge in [0.05, 0.1) is 9.73 Å². The van der Waals surface area contributed by atoms with Gasteiger partial charge in [0.25, 0.3) is 0 Å². The van der Waals surface area contributed by atoms with Crippen LogP contribution < -0.4 is 0 Å². The SMILES string of the molecule is CS(=O)(=NC(=O)C(F)(F)F)c1ccc(CBr)cc1. The van der Waals surface area contributed by atoms with Crippen LogP contribution in [-0.4, -0.2) is 22.5 Å². The molecule has 1 rings (SSSR count). The lowest BCUT2D eigenvalue weighted by Gasteiger charge is -2.06. The van der Waals surface area contributed by atoms with E-state index in [0.717, 1.165) is 11.8 Å². The van der Waals surface area contributed by atoms with Crippen molar-refractivity contribution in [3.8, 4) is 0 Å². The second kappa shape index (κ2) is 5.40. The molecule has 0 aliphatic carbocycles. The molecule has 1 amide bonds. The Kier molecular flexibility index (Phi) is 4.55. The number of nitrogens with zero attached hydrogens (tertiary/aromatic N) is 1. The largest absolute Gasteiger partial charge is 0.474 e. The molecule has 1 aromatic carbocycles. The van der Waals surface area contributed by atoms with E-state index in [-0.39, 0.29) is 4.90 Å². The maximum atomic E-state index is 12.0. The van der Waals surface area contributed by atoms with E-state index < -0.39 is 21.8 Å². The van der Waals surface area contributed by atoms with Crippen LogP contribution in [0.15, 0.2) is 33.5 Å². The van der Waals surface area contributed by atoms with Gasteiger partial charge < -0.3 is 0 Å². The van der Waals surface area contributed by atoms with Gasteiger partial charge in [0.15, 0.2) is 0 Å². The highest BCUT2D eigenvalue weighted by molar-refractivity contribution is 9.08. The third kappa shape index (κ3) is 3.81. The Labute approximate surface area is 111 Å². The molecular weight excluding hydrogens is 335 g/mol. The number of amides is 1. The maximum absolute atomic E-state index is 12.0. The summed E-state index contributed by atoms with van der Waals surface area (Å²) in [6.45, 7) is 0. The molecule has 3 nitrogen and oxygen atoms in total. The molecular formula is C10H9BrF3NO2S. The number of hydrogen-bond acceptors (Lipinski definition) is 2. The van der Waals surface area contributed by atoms with E-state index in [1.807, 2.05) is 0 Å². The van der Waals surface area contributed by atoms with Crippen LogP contribution in [0.5, 0.6) is 0 Å². The number of rotatable bonds is 2. The van der Waals surface area contributed by atoms with Crippen LogP contribution >= 0.6 is 15.9 Å². The number of benzene rings is 1. The molecule has 100 valence electrons. The van der Waals surface area contributed by atoms with Gasteiger partial charge in [-0.25, -0.2) is 4.21 Å². The summed E-state index contributed by atoms with van der Waals surface area (Å²) < 4.78 is 50.8. The van der Waals surface area contributed by atoms with Gasteiger partial charge in [-0.15, -0.1) is 4.36 Å². The molecule has 8 heteroatoms. The first-order valence-electron chi connectivity index (χ1n) is 4.65. The van der Waals surface area contributed by atoms with E-state index in [0.29, 0.717) is 5.33 Å². The van der Waals surface area contributed by atoms with E-state index in [4.69, 9.17) is 0 Å². The highest BCUT2D eigenvalue weighted by atomic mass is 79.9. The minimum Gasteiger partial charge on any atom is -0.261 e. The van der Waals surface area contributed by atoms with E-state index >= 15 is 0 Å². The molecule has 0 aliphatic heterocycles. The summed E-state index contributed by atoms with van der Waals surface area (Å²) in [5.74, 6) is -2.33. The monoisotopic (exact) mass is 343 g/mol. The second-order valence-corrected chi connectivity index (χ2v) is 6.29. The van der Waals surface area contributed by atoms with Crippen LogP contribution in [0.3, 0.4) is 0 Å². The standard InChI is InChI=1S/C10H9BrF3NO2S/c1-18(17,15-9(16)10(12,13)14)8-4-2-7(6-11)3-5-8/h2-5H,6H2,1H3. The Morgan fingerprint density at radius 2 is 1.83 bits per heavy atom. The second-order valence-electron chi connectivity index (χ2n) is 3.47. The zero-order valence-corrected chi connectivity index (χ0v) is 11.6. The summed E-state index contributed by atoms with van der Waals surface area (Å²) in [5.41, 5.74) is 0.871. The lowest BCUT2D eigenvalue weighted by atomic mass is 10.2. The molecule has 0 aliphatic rings. The molecule has 0 aromatic heterocycles. The Morgan fingerprint density at radius 3 is 2.22 bits per heavy atom. The topological polar surface area (TPSA) is 46.5 Å². The first-order chi connectivity index (χ1) is 8.16. The maximum Gasteiger partial charge on any atom is 0.474 e. The van der Waals surface area contributed by atoms with Gasteiger partial charge in [0.2, 0.25) is 0 Å². The van der Waals surface area contributed by atoms with E-state index in [9.17, 15) is 22.2 Å². The lowest BCUT2D eigenvalue weighted by molar-refractivity contribution is -0.169. The first kappa shape index (κ1) is 15.2. The number of carbonyl (C=O) groups excluding carboxylic acids is 1. The van der Waals surface area contributed by atoms with Crippen LogP contribution in [0.25, 0.3) is 0 Å². The molecule has 0 N–H and O–H groups in total. The van der Waals surface area contributed by atoms with Crippen molar-refractivity contribution in [1.82, 2.24) is 0 Å². The van der Waals surface area contributed by atoms with Crippen LogP contribution in [0, 0.1) is 0 Å². The zero-order valence-electron chi connectivity index (χ0n) is 9.20. The van der Waals surface area contributed by atoms with E-state index in [1.165, 1.54) is 12.1 Å². The summed E-state index contributed by atoms with van der Waals surface area (Å²) in [6.07, 6.45) is -4.10. The summed E-state index contributed by atoms with van der Waals surface area (Å²) in [6, 6.07) is 5.99. The van der Waals surface area contributed by atoms with Crippen molar-refractivity contribution in [2.24, 2.45) is 4.36 Å². The van der Waals surface area contributed by atoms with Gasteiger partial charge in [0.1, 0.15) is 0 Å². The Balaban J connectivity index is 3.17. The third-order valence-electron chi connectivity index (χ3n) is 2.01. The fourth-order valence-electron chi connectivity index (χ4n) is 1.09. The minimum atomic E-state index is -5.10. The molecule has 0 bridgehead atoms. The van der Waals surface area contributed by atoms with Gasteiger partial charge in [-0.2, -0.15) is 13.2 Å². The van der Waals surface area contributed by atoms with Crippen molar-refractivity contribution in [2.45, 2.75) is 16.4 Å².